The lowest BCUT2D eigenvalue weighted by Gasteiger charge is -2.16. The van der Waals surface area contributed by atoms with Gasteiger partial charge in [0.25, 0.3) is 5.91 Å². The predicted octanol–water partition coefficient (Wildman–Crippen LogP) is 2.49. The van der Waals surface area contributed by atoms with Gasteiger partial charge in [0.2, 0.25) is 0 Å². The highest BCUT2D eigenvalue weighted by Crippen LogP contribution is 2.17. The van der Waals surface area contributed by atoms with Crippen molar-refractivity contribution in [2.24, 2.45) is 0 Å². The van der Waals surface area contributed by atoms with E-state index in [9.17, 15) is 4.79 Å². The van der Waals surface area contributed by atoms with Crippen molar-refractivity contribution in [3.63, 3.8) is 0 Å². The molecule has 0 bridgehead atoms. The summed E-state index contributed by atoms with van der Waals surface area (Å²) < 4.78 is 0. The number of hydrogen-bond acceptors (Lipinski definition) is 4. The number of aromatic nitrogens is 1. The second kappa shape index (κ2) is 6.52. The summed E-state index contributed by atoms with van der Waals surface area (Å²) in [5, 5.41) is 2.97. The molecule has 1 aromatic heterocycles. The van der Waals surface area contributed by atoms with Crippen LogP contribution >= 0.6 is 11.3 Å². The lowest BCUT2D eigenvalue weighted by molar-refractivity contribution is 0.0954. The van der Waals surface area contributed by atoms with Crippen LogP contribution in [-0.4, -0.2) is 31.5 Å². The summed E-state index contributed by atoms with van der Waals surface area (Å²) in [4.78, 5) is 19.6. The highest BCUT2D eigenvalue weighted by Gasteiger charge is 2.11. The highest BCUT2D eigenvalue weighted by atomic mass is 32.1. The molecular weight excluding hydrogens is 270 g/mol. The zero-order valence-corrected chi connectivity index (χ0v) is 12.8. The van der Waals surface area contributed by atoms with Crippen molar-refractivity contribution >= 4 is 22.9 Å². The average Bonchev–Trinajstić information content (AvgIpc) is 2.84. The largest absolute Gasteiger partial charge is 0.377 e. The SMILES string of the molecule is Cc1ncsc1CCNC(=O)c1ccccc1N(C)C. The fourth-order valence-electron chi connectivity index (χ4n) is 2.01. The number of anilines is 1. The third-order valence-electron chi connectivity index (χ3n) is 3.11. The van der Waals surface area contributed by atoms with Gasteiger partial charge in [-0.15, -0.1) is 11.3 Å². The van der Waals surface area contributed by atoms with Crippen LogP contribution in [0.2, 0.25) is 0 Å². The summed E-state index contributed by atoms with van der Waals surface area (Å²) in [5.41, 5.74) is 4.53. The average molecular weight is 289 g/mol. The van der Waals surface area contributed by atoms with Crippen LogP contribution < -0.4 is 10.2 Å². The van der Waals surface area contributed by atoms with Crippen molar-refractivity contribution in [2.45, 2.75) is 13.3 Å². The highest BCUT2D eigenvalue weighted by molar-refractivity contribution is 7.09. The molecule has 0 aliphatic heterocycles. The molecule has 0 spiro atoms. The molecule has 1 amide bonds. The third kappa shape index (κ3) is 3.36. The quantitative estimate of drug-likeness (QED) is 0.920. The van der Waals surface area contributed by atoms with Crippen LogP contribution in [0.4, 0.5) is 5.69 Å². The number of para-hydroxylation sites is 1. The van der Waals surface area contributed by atoms with E-state index in [4.69, 9.17) is 0 Å². The first-order valence-corrected chi connectivity index (χ1v) is 7.41. The van der Waals surface area contributed by atoms with Crippen molar-refractivity contribution in [1.82, 2.24) is 10.3 Å². The summed E-state index contributed by atoms with van der Waals surface area (Å²) in [5.74, 6) is -0.0310. The standard InChI is InChI=1S/C15H19N3OS/c1-11-14(20-10-17-11)8-9-16-15(19)12-6-4-5-7-13(12)18(2)3/h4-7,10H,8-9H2,1-3H3,(H,16,19). The van der Waals surface area contributed by atoms with Gasteiger partial charge < -0.3 is 10.2 Å². The van der Waals surface area contributed by atoms with Crippen LogP contribution in [0.5, 0.6) is 0 Å². The molecule has 5 heteroatoms. The van der Waals surface area contributed by atoms with Crippen LogP contribution in [0.1, 0.15) is 20.9 Å². The summed E-state index contributed by atoms with van der Waals surface area (Å²) in [6.07, 6.45) is 0.826. The maximum atomic E-state index is 12.2. The maximum absolute atomic E-state index is 12.2. The number of amides is 1. The molecule has 0 fully saturated rings. The van der Waals surface area contributed by atoms with Gasteiger partial charge in [-0.3, -0.25) is 4.79 Å². The molecule has 106 valence electrons. The Bertz CT molecular complexity index is 592. The topological polar surface area (TPSA) is 45.2 Å². The minimum absolute atomic E-state index is 0.0310. The Kier molecular flexibility index (Phi) is 4.74. The minimum Gasteiger partial charge on any atom is -0.377 e. The number of rotatable bonds is 5. The van der Waals surface area contributed by atoms with E-state index < -0.39 is 0 Å². The minimum atomic E-state index is -0.0310. The first-order chi connectivity index (χ1) is 9.59. The van der Waals surface area contributed by atoms with E-state index in [1.165, 1.54) is 4.88 Å². The zero-order chi connectivity index (χ0) is 14.5. The third-order valence-corrected chi connectivity index (χ3v) is 4.11. The molecule has 0 unspecified atom stereocenters. The van der Waals surface area contributed by atoms with Gasteiger partial charge in [-0.1, -0.05) is 12.1 Å². The molecule has 0 aliphatic carbocycles. The molecule has 1 aromatic carbocycles. The maximum Gasteiger partial charge on any atom is 0.253 e. The first kappa shape index (κ1) is 14.5. The van der Waals surface area contributed by atoms with Crippen molar-refractivity contribution in [3.8, 4) is 0 Å². The number of benzene rings is 1. The van der Waals surface area contributed by atoms with E-state index in [0.29, 0.717) is 12.1 Å². The normalized spacial score (nSPS) is 10.3. The molecule has 1 N–H and O–H groups in total. The number of thiazole rings is 1. The van der Waals surface area contributed by atoms with Gasteiger partial charge in [0, 0.05) is 37.6 Å². The molecule has 0 atom stereocenters. The van der Waals surface area contributed by atoms with E-state index in [-0.39, 0.29) is 5.91 Å². The van der Waals surface area contributed by atoms with Crippen molar-refractivity contribution in [1.29, 1.82) is 0 Å². The Morgan fingerprint density at radius 3 is 2.75 bits per heavy atom. The monoisotopic (exact) mass is 289 g/mol. The van der Waals surface area contributed by atoms with Gasteiger partial charge in [-0.2, -0.15) is 0 Å². The van der Waals surface area contributed by atoms with Gasteiger partial charge in [0.15, 0.2) is 0 Å². The van der Waals surface area contributed by atoms with Crippen molar-refractivity contribution in [3.05, 3.63) is 45.9 Å². The molecule has 1 heterocycles. The predicted molar refractivity (Wildman–Crippen MR) is 83.7 cm³/mol. The number of hydrogen-bond donors (Lipinski definition) is 1. The Hall–Kier alpha value is -1.88. The second-order valence-corrected chi connectivity index (χ2v) is 5.72. The molecule has 4 nitrogen and oxygen atoms in total. The molecule has 2 rings (SSSR count). The van der Waals surface area contributed by atoms with Crippen LogP contribution in [0.25, 0.3) is 0 Å². The van der Waals surface area contributed by atoms with Crippen LogP contribution in [0.15, 0.2) is 29.8 Å². The van der Waals surface area contributed by atoms with E-state index in [1.807, 2.05) is 55.7 Å². The van der Waals surface area contributed by atoms with E-state index in [0.717, 1.165) is 17.8 Å². The van der Waals surface area contributed by atoms with Gasteiger partial charge in [0.1, 0.15) is 0 Å². The van der Waals surface area contributed by atoms with Crippen LogP contribution in [0, 0.1) is 6.92 Å². The first-order valence-electron chi connectivity index (χ1n) is 6.53. The van der Waals surface area contributed by atoms with E-state index >= 15 is 0 Å². The molecule has 0 saturated heterocycles. The summed E-state index contributed by atoms with van der Waals surface area (Å²) >= 11 is 1.63. The number of nitrogens with one attached hydrogen (secondary N) is 1. The molecule has 0 aliphatic rings. The second-order valence-electron chi connectivity index (χ2n) is 4.78. The van der Waals surface area contributed by atoms with Gasteiger partial charge in [-0.05, 0) is 19.1 Å². The summed E-state index contributed by atoms with van der Waals surface area (Å²) in [7, 11) is 3.87. The molecule has 0 radical (unpaired) electrons. The lowest BCUT2D eigenvalue weighted by Crippen LogP contribution is -2.27. The number of carbonyl (C=O) groups is 1. The Morgan fingerprint density at radius 2 is 2.10 bits per heavy atom. The fraction of sp³-hybridized carbons (Fsp3) is 0.333. The van der Waals surface area contributed by atoms with Gasteiger partial charge in [-0.25, -0.2) is 4.98 Å². The Morgan fingerprint density at radius 1 is 1.35 bits per heavy atom. The van der Waals surface area contributed by atoms with Crippen molar-refractivity contribution < 1.29 is 4.79 Å². The molecule has 20 heavy (non-hydrogen) atoms. The zero-order valence-electron chi connectivity index (χ0n) is 12.0. The number of aryl methyl sites for hydroxylation is 1. The Labute approximate surface area is 123 Å². The fourth-order valence-corrected chi connectivity index (χ4v) is 2.79. The number of nitrogens with zero attached hydrogens (tertiary/aromatic N) is 2. The van der Waals surface area contributed by atoms with E-state index in [1.54, 1.807) is 11.3 Å². The van der Waals surface area contributed by atoms with E-state index in [2.05, 4.69) is 10.3 Å². The summed E-state index contributed by atoms with van der Waals surface area (Å²) in [6.45, 7) is 2.62. The Balaban J connectivity index is 1.97. The molecule has 2 aromatic rings. The van der Waals surface area contributed by atoms with Gasteiger partial charge in [0.05, 0.1) is 16.8 Å². The molecular formula is C15H19N3OS. The van der Waals surface area contributed by atoms with Crippen LogP contribution in [-0.2, 0) is 6.42 Å². The summed E-state index contributed by atoms with van der Waals surface area (Å²) in [6, 6.07) is 7.62. The molecule has 0 saturated carbocycles. The van der Waals surface area contributed by atoms with Crippen molar-refractivity contribution in [2.75, 3.05) is 25.5 Å². The lowest BCUT2D eigenvalue weighted by atomic mass is 10.1. The smallest absolute Gasteiger partial charge is 0.253 e. The van der Waals surface area contributed by atoms with Crippen LogP contribution in [0.3, 0.4) is 0 Å². The number of carbonyl (C=O) groups excluding carboxylic acids is 1. The van der Waals surface area contributed by atoms with Gasteiger partial charge >= 0.3 is 0 Å².